The molecule has 21 heavy (non-hydrogen) atoms. The van der Waals surface area contributed by atoms with Gasteiger partial charge in [0.05, 0.1) is 0 Å². The van der Waals surface area contributed by atoms with Gasteiger partial charge in [0, 0.05) is 6.04 Å². The van der Waals surface area contributed by atoms with E-state index in [0.29, 0.717) is 6.04 Å². The molecule has 1 heteroatoms. The molecule has 1 aliphatic rings. The van der Waals surface area contributed by atoms with E-state index in [9.17, 15) is 0 Å². The molecule has 0 saturated heterocycles. The van der Waals surface area contributed by atoms with E-state index in [-0.39, 0.29) is 0 Å². The van der Waals surface area contributed by atoms with Crippen molar-refractivity contribution in [2.45, 2.75) is 39.2 Å². The van der Waals surface area contributed by atoms with Gasteiger partial charge in [0.25, 0.3) is 0 Å². The van der Waals surface area contributed by atoms with Crippen molar-refractivity contribution in [3.8, 4) is 0 Å². The lowest BCUT2D eigenvalue weighted by atomic mass is 9.86. The molecular formula is C20H27N. The highest BCUT2D eigenvalue weighted by Gasteiger charge is 2.26. The Morgan fingerprint density at radius 2 is 1.81 bits per heavy atom. The Hall–Kier alpha value is -1.76. The standard InChI is InChI=1S/C20H27N/c1-4-5-6-9-12-21-17(3)13-16(2)20-14-18-10-7-8-11-19(18)15-20/h4-12,16-17,20-21H,1,13-15H2,2-3H3/b6-5-,12-9+/t16-,17?/m0/s1. The van der Waals surface area contributed by atoms with Crippen LogP contribution in [0, 0.1) is 11.8 Å². The van der Waals surface area contributed by atoms with E-state index < -0.39 is 0 Å². The van der Waals surface area contributed by atoms with Crippen LogP contribution in [0.3, 0.4) is 0 Å². The molecule has 0 radical (unpaired) electrons. The smallest absolute Gasteiger partial charge is 0.0230 e. The molecule has 2 rings (SSSR count). The summed E-state index contributed by atoms with van der Waals surface area (Å²) in [6, 6.07) is 9.42. The van der Waals surface area contributed by atoms with E-state index in [0.717, 1.165) is 11.8 Å². The molecule has 1 aromatic carbocycles. The predicted molar refractivity (Wildman–Crippen MR) is 92.2 cm³/mol. The molecule has 112 valence electrons. The number of hydrogen-bond acceptors (Lipinski definition) is 1. The quantitative estimate of drug-likeness (QED) is 0.717. The largest absolute Gasteiger partial charge is 0.388 e. The molecule has 0 saturated carbocycles. The van der Waals surface area contributed by atoms with Crippen LogP contribution in [-0.4, -0.2) is 6.04 Å². The summed E-state index contributed by atoms with van der Waals surface area (Å²) in [5, 5.41) is 3.45. The normalized spacial score (nSPS) is 18.0. The lowest BCUT2D eigenvalue weighted by Crippen LogP contribution is -2.26. The fourth-order valence-electron chi connectivity index (χ4n) is 3.23. The maximum absolute atomic E-state index is 3.65. The van der Waals surface area contributed by atoms with Gasteiger partial charge in [0.2, 0.25) is 0 Å². The summed E-state index contributed by atoms with van der Waals surface area (Å²) in [7, 11) is 0. The summed E-state index contributed by atoms with van der Waals surface area (Å²) in [5.41, 5.74) is 3.12. The van der Waals surface area contributed by atoms with Crippen molar-refractivity contribution < 1.29 is 0 Å². The van der Waals surface area contributed by atoms with Gasteiger partial charge in [-0.3, -0.25) is 0 Å². The van der Waals surface area contributed by atoms with Crippen LogP contribution in [0.2, 0.25) is 0 Å². The third-order valence-electron chi connectivity index (χ3n) is 4.45. The molecule has 1 N–H and O–H groups in total. The lowest BCUT2D eigenvalue weighted by molar-refractivity contribution is 0.322. The van der Waals surface area contributed by atoms with Gasteiger partial charge in [-0.2, -0.15) is 0 Å². The van der Waals surface area contributed by atoms with Gasteiger partial charge in [0.1, 0.15) is 0 Å². The summed E-state index contributed by atoms with van der Waals surface area (Å²) >= 11 is 0. The average Bonchev–Trinajstić information content (AvgIpc) is 2.91. The van der Waals surface area contributed by atoms with Gasteiger partial charge in [-0.15, -0.1) is 0 Å². The van der Waals surface area contributed by atoms with Crippen molar-refractivity contribution in [3.05, 3.63) is 72.5 Å². The number of benzene rings is 1. The molecule has 1 aromatic rings. The zero-order valence-corrected chi connectivity index (χ0v) is 13.3. The number of rotatable bonds is 7. The molecule has 0 spiro atoms. The van der Waals surface area contributed by atoms with Gasteiger partial charge in [0.15, 0.2) is 0 Å². The Balaban J connectivity index is 1.77. The summed E-state index contributed by atoms with van der Waals surface area (Å²) in [6.45, 7) is 8.32. The molecule has 1 aliphatic carbocycles. The van der Waals surface area contributed by atoms with Crippen LogP contribution in [0.25, 0.3) is 0 Å². The number of fused-ring (bicyclic) bond motifs is 1. The van der Waals surface area contributed by atoms with Gasteiger partial charge in [-0.05, 0) is 61.4 Å². The molecule has 2 atom stereocenters. The fourth-order valence-corrected chi connectivity index (χ4v) is 3.23. The minimum Gasteiger partial charge on any atom is -0.388 e. The van der Waals surface area contributed by atoms with Crippen molar-refractivity contribution in [1.29, 1.82) is 0 Å². The Labute approximate surface area is 129 Å². The summed E-state index contributed by atoms with van der Waals surface area (Å²) < 4.78 is 0. The first kappa shape index (κ1) is 15.6. The summed E-state index contributed by atoms with van der Waals surface area (Å²) in [4.78, 5) is 0. The topological polar surface area (TPSA) is 12.0 Å². The third-order valence-corrected chi connectivity index (χ3v) is 4.45. The van der Waals surface area contributed by atoms with E-state index >= 15 is 0 Å². The van der Waals surface area contributed by atoms with Crippen LogP contribution < -0.4 is 5.32 Å². The van der Waals surface area contributed by atoms with Crippen LogP contribution in [0.4, 0.5) is 0 Å². The van der Waals surface area contributed by atoms with Crippen molar-refractivity contribution in [3.63, 3.8) is 0 Å². The highest BCUT2D eigenvalue weighted by atomic mass is 14.9. The Morgan fingerprint density at radius 3 is 2.43 bits per heavy atom. The third kappa shape index (κ3) is 4.63. The van der Waals surface area contributed by atoms with Crippen molar-refractivity contribution in [1.82, 2.24) is 5.32 Å². The number of nitrogens with one attached hydrogen (secondary N) is 1. The van der Waals surface area contributed by atoms with E-state index in [2.05, 4.69) is 50.0 Å². The first-order valence-corrected chi connectivity index (χ1v) is 7.97. The molecule has 0 bridgehead atoms. The van der Waals surface area contributed by atoms with Crippen LogP contribution in [-0.2, 0) is 12.8 Å². The molecule has 0 aliphatic heterocycles. The zero-order valence-electron chi connectivity index (χ0n) is 13.3. The second kappa shape index (κ2) is 7.87. The molecule has 0 fully saturated rings. The van der Waals surface area contributed by atoms with E-state index in [1.165, 1.54) is 19.3 Å². The fraction of sp³-hybridized carbons (Fsp3) is 0.400. The Kier molecular flexibility index (Phi) is 5.86. The van der Waals surface area contributed by atoms with Crippen LogP contribution in [0.1, 0.15) is 31.4 Å². The summed E-state index contributed by atoms with van der Waals surface area (Å²) in [5.74, 6) is 1.55. The second-order valence-electron chi connectivity index (χ2n) is 6.20. The average molecular weight is 281 g/mol. The maximum Gasteiger partial charge on any atom is 0.0230 e. The van der Waals surface area contributed by atoms with Crippen molar-refractivity contribution >= 4 is 0 Å². The van der Waals surface area contributed by atoms with Crippen molar-refractivity contribution in [2.75, 3.05) is 0 Å². The first-order chi connectivity index (χ1) is 10.2. The van der Waals surface area contributed by atoms with Gasteiger partial charge in [-0.1, -0.05) is 56.0 Å². The Bertz CT molecular complexity index is 487. The SMILES string of the molecule is C=C/C=C\C=C\NC(C)C[C@H](C)C1Cc2ccccc2C1. The van der Waals surface area contributed by atoms with E-state index in [1.54, 1.807) is 17.2 Å². The zero-order chi connectivity index (χ0) is 15.1. The van der Waals surface area contributed by atoms with E-state index in [4.69, 9.17) is 0 Å². The number of allylic oxidation sites excluding steroid dienone is 4. The van der Waals surface area contributed by atoms with Crippen LogP contribution >= 0.6 is 0 Å². The minimum absolute atomic E-state index is 0.511. The van der Waals surface area contributed by atoms with Gasteiger partial charge in [-0.25, -0.2) is 0 Å². The molecule has 1 nitrogen and oxygen atoms in total. The van der Waals surface area contributed by atoms with Gasteiger partial charge >= 0.3 is 0 Å². The first-order valence-electron chi connectivity index (χ1n) is 7.97. The van der Waals surface area contributed by atoms with Crippen LogP contribution in [0.15, 0.2) is 61.3 Å². The number of hydrogen-bond donors (Lipinski definition) is 1. The predicted octanol–water partition coefficient (Wildman–Crippen LogP) is 4.66. The van der Waals surface area contributed by atoms with Gasteiger partial charge < -0.3 is 5.32 Å². The molecular weight excluding hydrogens is 254 g/mol. The van der Waals surface area contributed by atoms with Crippen molar-refractivity contribution in [2.24, 2.45) is 11.8 Å². The summed E-state index contributed by atoms with van der Waals surface area (Å²) in [6.07, 6.45) is 13.5. The molecule has 1 unspecified atom stereocenters. The second-order valence-corrected chi connectivity index (χ2v) is 6.20. The Morgan fingerprint density at radius 1 is 1.14 bits per heavy atom. The minimum atomic E-state index is 0.511. The molecule has 0 amide bonds. The molecule has 0 heterocycles. The van der Waals surface area contributed by atoms with E-state index in [1.807, 2.05) is 24.4 Å². The monoisotopic (exact) mass is 281 g/mol. The lowest BCUT2D eigenvalue weighted by Gasteiger charge is -2.22. The highest BCUT2D eigenvalue weighted by molar-refractivity contribution is 5.32. The maximum atomic E-state index is 3.65. The molecule has 0 aromatic heterocycles. The highest BCUT2D eigenvalue weighted by Crippen LogP contribution is 2.33. The van der Waals surface area contributed by atoms with Crippen LogP contribution in [0.5, 0.6) is 0 Å².